The van der Waals surface area contributed by atoms with Gasteiger partial charge >= 0.3 is 0 Å². The van der Waals surface area contributed by atoms with Crippen molar-refractivity contribution in [2.24, 2.45) is 0 Å². The Hall–Kier alpha value is -1.26. The summed E-state index contributed by atoms with van der Waals surface area (Å²) in [6.45, 7) is 4.47. The van der Waals surface area contributed by atoms with Crippen LogP contribution in [0.4, 0.5) is 0 Å². The molecule has 1 aromatic carbocycles. The molecule has 0 bridgehead atoms. The van der Waals surface area contributed by atoms with Gasteiger partial charge in [0.05, 0.1) is 6.33 Å². The molecule has 0 aliphatic carbocycles. The number of rotatable bonds is 7. The van der Waals surface area contributed by atoms with Crippen molar-refractivity contribution in [2.75, 3.05) is 12.0 Å². The van der Waals surface area contributed by atoms with Gasteiger partial charge in [-0.05, 0) is 37.3 Å². The van der Waals surface area contributed by atoms with Crippen LogP contribution in [-0.2, 0) is 0 Å². The summed E-state index contributed by atoms with van der Waals surface area (Å²) in [4.78, 5) is 4.08. The van der Waals surface area contributed by atoms with Crippen LogP contribution in [0, 0.1) is 0 Å². The Labute approximate surface area is 125 Å². The maximum atomic E-state index is 4.08. The number of hydrogen-bond acceptors (Lipinski definition) is 3. The molecule has 0 radical (unpaired) electrons. The topological polar surface area (TPSA) is 29.9 Å². The van der Waals surface area contributed by atoms with E-state index in [2.05, 4.69) is 54.7 Å². The van der Waals surface area contributed by atoms with Gasteiger partial charge in [-0.15, -0.1) is 0 Å². The summed E-state index contributed by atoms with van der Waals surface area (Å²) in [5, 5.41) is 3.70. The molecule has 20 heavy (non-hydrogen) atoms. The highest BCUT2D eigenvalue weighted by Crippen LogP contribution is 2.17. The predicted molar refractivity (Wildman–Crippen MR) is 87.6 cm³/mol. The summed E-state index contributed by atoms with van der Waals surface area (Å²) < 4.78 is 2.02. The molecule has 2 rings (SSSR count). The first kappa shape index (κ1) is 15.1. The SMILES string of the molecule is CCC(CSC)NC(C)c1ccc(-n2ccnc2)cc1. The molecule has 0 saturated carbocycles. The van der Waals surface area contributed by atoms with E-state index in [1.807, 2.05) is 28.9 Å². The third-order valence-electron chi connectivity index (χ3n) is 3.54. The Kier molecular flexibility index (Phi) is 5.68. The zero-order chi connectivity index (χ0) is 14.4. The van der Waals surface area contributed by atoms with Crippen molar-refractivity contribution in [3.8, 4) is 5.69 Å². The van der Waals surface area contributed by atoms with E-state index in [0.717, 1.165) is 17.9 Å². The highest BCUT2D eigenvalue weighted by atomic mass is 32.2. The van der Waals surface area contributed by atoms with Crippen molar-refractivity contribution >= 4 is 11.8 Å². The molecule has 2 atom stereocenters. The van der Waals surface area contributed by atoms with Crippen LogP contribution in [0.25, 0.3) is 5.69 Å². The Morgan fingerprint density at radius 1 is 1.30 bits per heavy atom. The third kappa shape index (κ3) is 3.87. The van der Waals surface area contributed by atoms with Crippen molar-refractivity contribution in [2.45, 2.75) is 32.4 Å². The molecular weight excluding hydrogens is 266 g/mol. The number of benzene rings is 1. The molecule has 0 aliphatic heterocycles. The highest BCUT2D eigenvalue weighted by molar-refractivity contribution is 7.98. The average Bonchev–Trinajstić information content (AvgIpc) is 3.01. The minimum Gasteiger partial charge on any atom is -0.307 e. The van der Waals surface area contributed by atoms with E-state index in [4.69, 9.17) is 0 Å². The molecule has 0 amide bonds. The van der Waals surface area contributed by atoms with Crippen molar-refractivity contribution < 1.29 is 0 Å². The zero-order valence-corrected chi connectivity index (χ0v) is 13.2. The summed E-state index contributed by atoms with van der Waals surface area (Å²) in [7, 11) is 0. The number of nitrogens with zero attached hydrogens (tertiary/aromatic N) is 2. The van der Waals surface area contributed by atoms with Crippen LogP contribution in [0.5, 0.6) is 0 Å². The number of thioether (sulfide) groups is 1. The van der Waals surface area contributed by atoms with Gasteiger partial charge in [-0.1, -0.05) is 19.1 Å². The Balaban J connectivity index is 2.02. The van der Waals surface area contributed by atoms with E-state index in [9.17, 15) is 0 Å². The number of hydrogen-bond donors (Lipinski definition) is 1. The number of aromatic nitrogens is 2. The summed E-state index contributed by atoms with van der Waals surface area (Å²) in [5.41, 5.74) is 2.48. The second-order valence-corrected chi connectivity index (χ2v) is 5.92. The molecular formula is C16H23N3S. The summed E-state index contributed by atoms with van der Waals surface area (Å²) in [6.07, 6.45) is 8.91. The first-order valence-electron chi connectivity index (χ1n) is 7.08. The Bertz CT molecular complexity index is 493. The van der Waals surface area contributed by atoms with Crippen LogP contribution in [-0.4, -0.2) is 27.6 Å². The first-order valence-corrected chi connectivity index (χ1v) is 8.47. The normalized spacial score (nSPS) is 14.2. The van der Waals surface area contributed by atoms with E-state index < -0.39 is 0 Å². The van der Waals surface area contributed by atoms with Gasteiger partial charge in [0, 0.05) is 35.9 Å². The molecule has 0 saturated heterocycles. The summed E-state index contributed by atoms with van der Waals surface area (Å²) in [5.74, 6) is 1.16. The number of imidazole rings is 1. The van der Waals surface area contributed by atoms with Crippen LogP contribution in [0.15, 0.2) is 43.0 Å². The van der Waals surface area contributed by atoms with E-state index in [1.165, 1.54) is 5.56 Å². The highest BCUT2D eigenvalue weighted by Gasteiger charge is 2.11. The van der Waals surface area contributed by atoms with Crippen molar-refractivity contribution in [3.05, 3.63) is 48.5 Å². The van der Waals surface area contributed by atoms with Gasteiger partial charge < -0.3 is 9.88 Å². The minimum absolute atomic E-state index is 0.379. The van der Waals surface area contributed by atoms with Crippen LogP contribution < -0.4 is 5.32 Å². The number of nitrogens with one attached hydrogen (secondary N) is 1. The first-order chi connectivity index (χ1) is 9.74. The predicted octanol–water partition coefficient (Wildman–Crippen LogP) is 3.66. The van der Waals surface area contributed by atoms with E-state index in [1.54, 1.807) is 6.20 Å². The van der Waals surface area contributed by atoms with Gasteiger partial charge in [0.25, 0.3) is 0 Å². The second kappa shape index (κ2) is 7.50. The smallest absolute Gasteiger partial charge is 0.0991 e. The maximum Gasteiger partial charge on any atom is 0.0991 e. The van der Waals surface area contributed by atoms with Gasteiger partial charge in [-0.2, -0.15) is 11.8 Å². The standard InChI is InChI=1S/C16H23N3S/c1-4-15(11-20-3)18-13(2)14-5-7-16(8-6-14)19-10-9-17-12-19/h5-10,12-13,15,18H,4,11H2,1-3H3. The molecule has 4 heteroatoms. The monoisotopic (exact) mass is 289 g/mol. The van der Waals surface area contributed by atoms with Gasteiger partial charge in [0.15, 0.2) is 0 Å². The lowest BCUT2D eigenvalue weighted by Gasteiger charge is -2.22. The summed E-state index contributed by atoms with van der Waals surface area (Å²) in [6, 6.07) is 9.63. The van der Waals surface area contributed by atoms with E-state index >= 15 is 0 Å². The zero-order valence-electron chi connectivity index (χ0n) is 12.4. The lowest BCUT2D eigenvalue weighted by atomic mass is 10.1. The van der Waals surface area contributed by atoms with Gasteiger partial charge in [-0.25, -0.2) is 4.98 Å². The van der Waals surface area contributed by atoms with Gasteiger partial charge in [0.1, 0.15) is 0 Å². The van der Waals surface area contributed by atoms with Crippen molar-refractivity contribution in [1.29, 1.82) is 0 Å². The van der Waals surface area contributed by atoms with E-state index in [-0.39, 0.29) is 0 Å². The molecule has 1 aromatic heterocycles. The van der Waals surface area contributed by atoms with E-state index in [0.29, 0.717) is 12.1 Å². The maximum absolute atomic E-state index is 4.08. The second-order valence-electron chi connectivity index (χ2n) is 5.01. The van der Waals surface area contributed by atoms with Gasteiger partial charge in [-0.3, -0.25) is 0 Å². The molecule has 0 spiro atoms. The van der Waals surface area contributed by atoms with Crippen LogP contribution >= 0.6 is 11.8 Å². The lowest BCUT2D eigenvalue weighted by Crippen LogP contribution is -2.32. The Morgan fingerprint density at radius 3 is 2.60 bits per heavy atom. The quantitative estimate of drug-likeness (QED) is 0.843. The van der Waals surface area contributed by atoms with Crippen LogP contribution in [0.1, 0.15) is 31.9 Å². The minimum atomic E-state index is 0.379. The Morgan fingerprint density at radius 2 is 2.05 bits per heavy atom. The average molecular weight is 289 g/mol. The molecule has 1 heterocycles. The lowest BCUT2D eigenvalue weighted by molar-refractivity contribution is 0.475. The fourth-order valence-electron chi connectivity index (χ4n) is 2.28. The summed E-state index contributed by atoms with van der Waals surface area (Å²) >= 11 is 1.90. The molecule has 0 fully saturated rings. The molecule has 3 nitrogen and oxygen atoms in total. The molecule has 1 N–H and O–H groups in total. The van der Waals surface area contributed by atoms with Crippen molar-refractivity contribution in [1.82, 2.24) is 14.9 Å². The van der Waals surface area contributed by atoms with Crippen molar-refractivity contribution in [3.63, 3.8) is 0 Å². The largest absolute Gasteiger partial charge is 0.307 e. The fourth-order valence-corrected chi connectivity index (χ4v) is 3.02. The molecule has 108 valence electrons. The fraction of sp³-hybridized carbons (Fsp3) is 0.438. The molecule has 0 aliphatic rings. The third-order valence-corrected chi connectivity index (χ3v) is 4.28. The molecule has 2 aromatic rings. The molecule has 2 unspecified atom stereocenters. The van der Waals surface area contributed by atoms with Crippen LogP contribution in [0.3, 0.4) is 0 Å². The van der Waals surface area contributed by atoms with Gasteiger partial charge in [0.2, 0.25) is 0 Å². The van der Waals surface area contributed by atoms with Crippen LogP contribution in [0.2, 0.25) is 0 Å².